The fraction of sp³-hybridized carbons (Fsp3) is 1.00. The minimum Gasteiger partial charge on any atom is -0.353 e. The zero-order valence-corrected chi connectivity index (χ0v) is 9.38. The van der Waals surface area contributed by atoms with Gasteiger partial charge in [-0.05, 0) is 33.9 Å². The number of rotatable bonds is 8. The van der Waals surface area contributed by atoms with Crippen molar-refractivity contribution < 1.29 is 9.47 Å². The van der Waals surface area contributed by atoms with Crippen LogP contribution in [0.5, 0.6) is 0 Å². The first-order chi connectivity index (χ1) is 6.20. The maximum atomic E-state index is 5.44. The smallest absolute Gasteiger partial charge is 0.156 e. The van der Waals surface area contributed by atoms with Crippen molar-refractivity contribution in [2.45, 2.75) is 39.9 Å². The Labute approximate surface area is 82.0 Å². The first-order valence-corrected chi connectivity index (χ1v) is 5.12. The molecule has 3 nitrogen and oxygen atoms in total. The highest BCUT2D eigenvalue weighted by Gasteiger charge is 2.02. The Hall–Kier alpha value is -0.120. The molecule has 13 heavy (non-hydrogen) atoms. The summed E-state index contributed by atoms with van der Waals surface area (Å²) in [6, 6.07) is 0. The summed E-state index contributed by atoms with van der Waals surface area (Å²) in [5, 5.41) is 0. The molecule has 1 atom stereocenters. The first kappa shape index (κ1) is 12.9. The molecule has 80 valence electrons. The molecule has 0 aliphatic rings. The fourth-order valence-corrected chi connectivity index (χ4v) is 1.01. The quantitative estimate of drug-likeness (QED) is 0.546. The summed E-state index contributed by atoms with van der Waals surface area (Å²) in [6.45, 7) is 8.55. The van der Waals surface area contributed by atoms with Gasteiger partial charge in [0.15, 0.2) is 6.29 Å². The highest BCUT2D eigenvalue weighted by atomic mass is 16.7. The van der Waals surface area contributed by atoms with E-state index in [0.717, 1.165) is 6.54 Å². The van der Waals surface area contributed by atoms with Crippen LogP contribution in [0.3, 0.4) is 0 Å². The van der Waals surface area contributed by atoms with E-state index < -0.39 is 0 Å². The van der Waals surface area contributed by atoms with Gasteiger partial charge in [-0.3, -0.25) is 4.90 Å². The third-order valence-electron chi connectivity index (χ3n) is 1.82. The molecule has 0 aromatic heterocycles. The van der Waals surface area contributed by atoms with E-state index in [1.165, 1.54) is 12.8 Å². The van der Waals surface area contributed by atoms with Crippen molar-refractivity contribution in [3.63, 3.8) is 0 Å². The second kappa shape index (κ2) is 8.48. The molecule has 0 aliphatic carbocycles. The minimum absolute atomic E-state index is 0.0888. The Kier molecular flexibility index (Phi) is 8.40. The second-order valence-electron chi connectivity index (χ2n) is 3.25. The minimum atomic E-state index is -0.0888. The molecule has 0 fully saturated rings. The van der Waals surface area contributed by atoms with Crippen molar-refractivity contribution in [1.82, 2.24) is 4.90 Å². The van der Waals surface area contributed by atoms with Crippen LogP contribution in [0.4, 0.5) is 0 Å². The van der Waals surface area contributed by atoms with Crippen LogP contribution in [0, 0.1) is 0 Å². The Balaban J connectivity index is 3.29. The molecular formula is C10H23NO2. The van der Waals surface area contributed by atoms with Crippen molar-refractivity contribution in [1.29, 1.82) is 0 Å². The molecule has 0 heterocycles. The van der Waals surface area contributed by atoms with Gasteiger partial charge in [0.05, 0.1) is 0 Å². The molecule has 0 aliphatic heterocycles. The van der Waals surface area contributed by atoms with E-state index in [1.807, 2.05) is 13.8 Å². The molecule has 0 spiro atoms. The Morgan fingerprint density at radius 2 is 1.92 bits per heavy atom. The largest absolute Gasteiger partial charge is 0.353 e. The molecule has 0 bridgehead atoms. The molecule has 0 radical (unpaired) electrons. The zero-order valence-electron chi connectivity index (χ0n) is 9.38. The topological polar surface area (TPSA) is 21.7 Å². The summed E-state index contributed by atoms with van der Waals surface area (Å²) in [5.41, 5.74) is 0. The number of unbranched alkanes of at least 4 members (excludes halogenated alkanes) is 1. The number of ether oxygens (including phenoxy) is 2. The van der Waals surface area contributed by atoms with Crippen molar-refractivity contribution in [2.24, 2.45) is 0 Å². The molecule has 0 rings (SSSR count). The maximum absolute atomic E-state index is 5.44. The van der Waals surface area contributed by atoms with Gasteiger partial charge in [-0.15, -0.1) is 0 Å². The van der Waals surface area contributed by atoms with Gasteiger partial charge in [-0.2, -0.15) is 0 Å². The first-order valence-electron chi connectivity index (χ1n) is 5.12. The van der Waals surface area contributed by atoms with Crippen molar-refractivity contribution >= 4 is 0 Å². The van der Waals surface area contributed by atoms with Crippen molar-refractivity contribution in [2.75, 3.05) is 26.9 Å². The van der Waals surface area contributed by atoms with E-state index in [1.54, 1.807) is 0 Å². The SMILES string of the molecule is CCCCN(C)COC(C)OCC. The zero-order chi connectivity index (χ0) is 10.1. The molecule has 1 unspecified atom stereocenters. The molecule has 3 heteroatoms. The Morgan fingerprint density at radius 3 is 2.46 bits per heavy atom. The molecule has 0 saturated heterocycles. The highest BCUT2D eigenvalue weighted by Crippen LogP contribution is 1.96. The summed E-state index contributed by atoms with van der Waals surface area (Å²) in [6.07, 6.45) is 2.36. The lowest BCUT2D eigenvalue weighted by Gasteiger charge is -2.19. The van der Waals surface area contributed by atoms with Crippen LogP contribution in [0.2, 0.25) is 0 Å². The van der Waals surface area contributed by atoms with Crippen LogP contribution in [-0.2, 0) is 9.47 Å². The Morgan fingerprint density at radius 1 is 1.23 bits per heavy atom. The van der Waals surface area contributed by atoms with Gasteiger partial charge in [0.1, 0.15) is 6.73 Å². The summed E-state index contributed by atoms with van der Waals surface area (Å²) in [5.74, 6) is 0. The van der Waals surface area contributed by atoms with E-state index in [9.17, 15) is 0 Å². The van der Waals surface area contributed by atoms with Gasteiger partial charge < -0.3 is 9.47 Å². The lowest BCUT2D eigenvalue weighted by molar-refractivity contribution is -0.150. The molecular weight excluding hydrogens is 166 g/mol. The van der Waals surface area contributed by atoms with Crippen LogP contribution in [0.25, 0.3) is 0 Å². The lowest BCUT2D eigenvalue weighted by Crippen LogP contribution is -2.26. The predicted octanol–water partition coefficient (Wildman–Crippen LogP) is 2.07. The van der Waals surface area contributed by atoms with Crippen LogP contribution in [0.1, 0.15) is 33.6 Å². The molecule has 0 saturated carbocycles. The number of hydrogen-bond donors (Lipinski definition) is 0. The Bertz CT molecular complexity index is 109. The van der Waals surface area contributed by atoms with Gasteiger partial charge in [-0.25, -0.2) is 0 Å². The average molecular weight is 189 g/mol. The van der Waals surface area contributed by atoms with E-state index in [4.69, 9.17) is 9.47 Å². The third kappa shape index (κ3) is 8.22. The lowest BCUT2D eigenvalue weighted by atomic mass is 10.3. The summed E-state index contributed by atoms with van der Waals surface area (Å²) in [7, 11) is 2.06. The van der Waals surface area contributed by atoms with Gasteiger partial charge >= 0.3 is 0 Å². The van der Waals surface area contributed by atoms with Crippen LogP contribution >= 0.6 is 0 Å². The number of nitrogens with zero attached hydrogens (tertiary/aromatic N) is 1. The van der Waals surface area contributed by atoms with Crippen LogP contribution in [-0.4, -0.2) is 38.1 Å². The fourth-order valence-electron chi connectivity index (χ4n) is 1.01. The van der Waals surface area contributed by atoms with Crippen molar-refractivity contribution in [3.8, 4) is 0 Å². The normalized spacial score (nSPS) is 13.6. The second-order valence-corrected chi connectivity index (χ2v) is 3.25. The highest BCUT2D eigenvalue weighted by molar-refractivity contribution is 4.44. The van der Waals surface area contributed by atoms with Crippen molar-refractivity contribution in [3.05, 3.63) is 0 Å². The summed E-state index contributed by atoms with van der Waals surface area (Å²) < 4.78 is 10.7. The van der Waals surface area contributed by atoms with Gasteiger partial charge in [-0.1, -0.05) is 13.3 Å². The average Bonchev–Trinajstić information content (AvgIpc) is 2.12. The summed E-state index contributed by atoms with van der Waals surface area (Å²) >= 11 is 0. The van der Waals surface area contributed by atoms with E-state index in [0.29, 0.717) is 13.3 Å². The molecule has 0 aromatic carbocycles. The molecule has 0 aromatic rings. The van der Waals surface area contributed by atoms with Gasteiger partial charge in [0.2, 0.25) is 0 Å². The predicted molar refractivity (Wildman–Crippen MR) is 54.6 cm³/mol. The standard InChI is InChI=1S/C10H23NO2/c1-5-7-8-11(4)9-13-10(3)12-6-2/h10H,5-9H2,1-4H3. The van der Waals surface area contributed by atoms with E-state index in [2.05, 4.69) is 18.9 Å². The van der Waals surface area contributed by atoms with E-state index in [-0.39, 0.29) is 6.29 Å². The van der Waals surface area contributed by atoms with Crippen LogP contribution < -0.4 is 0 Å². The van der Waals surface area contributed by atoms with Gasteiger partial charge in [0, 0.05) is 6.61 Å². The summed E-state index contributed by atoms with van der Waals surface area (Å²) in [4.78, 5) is 2.17. The van der Waals surface area contributed by atoms with E-state index >= 15 is 0 Å². The monoisotopic (exact) mass is 189 g/mol. The number of hydrogen-bond acceptors (Lipinski definition) is 3. The maximum Gasteiger partial charge on any atom is 0.156 e. The molecule has 0 N–H and O–H groups in total. The molecule has 0 amide bonds. The van der Waals surface area contributed by atoms with Gasteiger partial charge in [0.25, 0.3) is 0 Å². The third-order valence-corrected chi connectivity index (χ3v) is 1.82. The van der Waals surface area contributed by atoms with Crippen LogP contribution in [0.15, 0.2) is 0 Å².